The minimum atomic E-state index is -1.44. The van der Waals surface area contributed by atoms with Crippen LogP contribution < -0.4 is 5.32 Å². The van der Waals surface area contributed by atoms with Gasteiger partial charge in [0.05, 0.1) is 0 Å². The highest BCUT2D eigenvalue weighted by Gasteiger charge is 2.41. The maximum atomic E-state index is 12.4. The van der Waals surface area contributed by atoms with Crippen LogP contribution in [-0.2, 0) is 14.3 Å². The fourth-order valence-corrected chi connectivity index (χ4v) is 2.12. The topological polar surface area (TPSA) is 72.5 Å². The molecule has 0 aliphatic carbocycles. The second-order valence-corrected chi connectivity index (χ2v) is 7.10. The third-order valence-electron chi connectivity index (χ3n) is 3.23. The number of rotatable bonds is 9. The van der Waals surface area contributed by atoms with E-state index in [1.165, 1.54) is 0 Å². The number of alkyl carbamates (subject to hydrolysis) is 1. The van der Waals surface area contributed by atoms with Crippen LogP contribution in [0.3, 0.4) is 0 Å². The highest BCUT2D eigenvalue weighted by molar-refractivity contribution is 6.34. The van der Waals surface area contributed by atoms with Gasteiger partial charge < -0.3 is 14.8 Å². The van der Waals surface area contributed by atoms with Gasteiger partial charge in [0.15, 0.2) is 5.78 Å². The number of amides is 1. The Morgan fingerprint density at radius 1 is 1.23 bits per heavy atom. The van der Waals surface area contributed by atoms with Crippen molar-refractivity contribution in [2.45, 2.75) is 83.2 Å². The number of hydrogen-bond acceptors (Lipinski definition) is 4. The van der Waals surface area contributed by atoms with Crippen LogP contribution >= 0.6 is 11.6 Å². The zero-order valence-corrected chi connectivity index (χ0v) is 15.0. The molecule has 5 nitrogen and oxygen atoms in total. The summed E-state index contributed by atoms with van der Waals surface area (Å²) < 4.78 is 5.15. The lowest BCUT2D eigenvalue weighted by atomic mass is 9.91. The van der Waals surface area contributed by atoms with Gasteiger partial charge in [-0.15, -0.1) is 11.6 Å². The number of carbonyl (C=O) groups is 3. The molecule has 0 aromatic rings. The summed E-state index contributed by atoms with van der Waals surface area (Å²) >= 11 is 6.24. The molecule has 0 heterocycles. The number of halogens is 1. The van der Waals surface area contributed by atoms with Gasteiger partial charge in [-0.3, -0.25) is 4.79 Å². The van der Waals surface area contributed by atoms with Crippen LogP contribution in [0.5, 0.6) is 0 Å². The van der Waals surface area contributed by atoms with Gasteiger partial charge in [-0.25, -0.2) is 4.79 Å². The van der Waals surface area contributed by atoms with Crippen molar-refractivity contribution >= 4 is 29.8 Å². The Morgan fingerprint density at radius 3 is 2.23 bits per heavy atom. The van der Waals surface area contributed by atoms with Gasteiger partial charge in [0.1, 0.15) is 22.8 Å². The molecular weight excluding hydrogens is 306 g/mol. The van der Waals surface area contributed by atoms with E-state index in [1.54, 1.807) is 27.7 Å². The smallest absolute Gasteiger partial charge is 0.408 e. The molecule has 22 heavy (non-hydrogen) atoms. The summed E-state index contributed by atoms with van der Waals surface area (Å²) in [6.07, 6.45) is 2.88. The summed E-state index contributed by atoms with van der Waals surface area (Å²) in [6, 6.07) is -1.08. The molecule has 0 fully saturated rings. The van der Waals surface area contributed by atoms with Crippen LogP contribution in [0.15, 0.2) is 0 Å². The van der Waals surface area contributed by atoms with Crippen molar-refractivity contribution in [1.29, 1.82) is 0 Å². The molecule has 0 aliphatic heterocycles. The lowest BCUT2D eigenvalue weighted by Crippen LogP contribution is -2.55. The molecule has 1 N–H and O–H groups in total. The lowest BCUT2D eigenvalue weighted by molar-refractivity contribution is -0.124. The number of ether oxygens (including phenoxy) is 1. The van der Waals surface area contributed by atoms with Crippen LogP contribution in [-0.4, -0.2) is 34.7 Å². The molecule has 0 aromatic heterocycles. The van der Waals surface area contributed by atoms with Gasteiger partial charge >= 0.3 is 6.09 Å². The first-order valence-electron chi connectivity index (χ1n) is 7.77. The summed E-state index contributed by atoms with van der Waals surface area (Å²) in [5.74, 6) is -0.247. The van der Waals surface area contributed by atoms with Gasteiger partial charge in [-0.05, 0) is 33.6 Å². The van der Waals surface area contributed by atoms with Crippen LogP contribution in [0, 0.1) is 0 Å². The maximum absolute atomic E-state index is 12.4. The fourth-order valence-electron chi connectivity index (χ4n) is 1.94. The summed E-state index contributed by atoms with van der Waals surface area (Å²) in [5.41, 5.74) is -0.692. The van der Waals surface area contributed by atoms with Crippen molar-refractivity contribution in [3.63, 3.8) is 0 Å². The average Bonchev–Trinajstić information content (AvgIpc) is 2.42. The van der Waals surface area contributed by atoms with E-state index >= 15 is 0 Å². The van der Waals surface area contributed by atoms with Gasteiger partial charge in [0, 0.05) is 6.42 Å². The largest absolute Gasteiger partial charge is 0.444 e. The van der Waals surface area contributed by atoms with Gasteiger partial charge in [0.25, 0.3) is 0 Å². The minimum Gasteiger partial charge on any atom is -0.444 e. The van der Waals surface area contributed by atoms with Crippen molar-refractivity contribution < 1.29 is 19.1 Å². The van der Waals surface area contributed by atoms with Crippen molar-refractivity contribution in [2.75, 3.05) is 0 Å². The minimum absolute atomic E-state index is 0.234. The van der Waals surface area contributed by atoms with Gasteiger partial charge in [-0.1, -0.05) is 26.7 Å². The van der Waals surface area contributed by atoms with Crippen LogP contribution in [0.2, 0.25) is 0 Å². The third kappa shape index (κ3) is 7.25. The summed E-state index contributed by atoms with van der Waals surface area (Å²) in [6.45, 7) is 8.89. The molecule has 0 aromatic carbocycles. The first-order chi connectivity index (χ1) is 10.1. The van der Waals surface area contributed by atoms with Crippen molar-refractivity contribution in [1.82, 2.24) is 5.32 Å². The van der Waals surface area contributed by atoms with E-state index in [0.717, 1.165) is 12.8 Å². The third-order valence-corrected chi connectivity index (χ3v) is 3.80. The highest BCUT2D eigenvalue weighted by atomic mass is 35.5. The molecule has 0 spiro atoms. The van der Waals surface area contributed by atoms with Crippen LogP contribution in [0.4, 0.5) is 4.79 Å². The first kappa shape index (κ1) is 20.9. The molecular formula is C16H28ClNO4. The zero-order chi connectivity index (χ0) is 17.4. The normalized spacial score (nSPS) is 15.5. The Kier molecular flexibility index (Phi) is 8.68. The van der Waals surface area contributed by atoms with Crippen molar-refractivity contribution in [3.8, 4) is 0 Å². The Bertz CT molecular complexity index is 392. The second kappa shape index (κ2) is 9.13. The van der Waals surface area contributed by atoms with Crippen LogP contribution in [0.1, 0.15) is 66.7 Å². The number of carbonyl (C=O) groups excluding carboxylic acids is 3. The highest BCUT2D eigenvalue weighted by Crippen LogP contribution is 2.24. The SMILES string of the molecule is CCCCCC(=O)C(NC(=O)OC(C)(C)C)[C@](Cl)(C=O)CC. The number of alkyl halides is 1. The molecule has 0 saturated heterocycles. The Labute approximate surface area is 138 Å². The Balaban J connectivity index is 5.05. The van der Waals surface area contributed by atoms with E-state index in [1.807, 2.05) is 6.92 Å². The van der Waals surface area contributed by atoms with Crippen molar-refractivity contribution in [2.24, 2.45) is 0 Å². The first-order valence-corrected chi connectivity index (χ1v) is 8.15. The molecule has 0 aliphatic rings. The van der Waals surface area contributed by atoms with E-state index in [-0.39, 0.29) is 18.6 Å². The van der Waals surface area contributed by atoms with E-state index in [4.69, 9.17) is 16.3 Å². The molecule has 0 bridgehead atoms. The maximum Gasteiger partial charge on any atom is 0.408 e. The summed E-state index contributed by atoms with van der Waals surface area (Å²) in [4.78, 5) is 34.2. The Morgan fingerprint density at radius 2 is 1.82 bits per heavy atom. The van der Waals surface area contributed by atoms with Crippen LogP contribution in [0.25, 0.3) is 0 Å². The predicted molar refractivity (Wildman–Crippen MR) is 87.2 cm³/mol. The number of unbranched alkanes of at least 4 members (excludes halogenated alkanes) is 2. The fraction of sp³-hybridized carbons (Fsp3) is 0.812. The van der Waals surface area contributed by atoms with Gasteiger partial charge in [0.2, 0.25) is 0 Å². The molecule has 0 rings (SSSR count). The molecule has 1 amide bonds. The molecule has 0 radical (unpaired) electrons. The number of ketones is 1. The molecule has 2 atom stereocenters. The molecule has 128 valence electrons. The zero-order valence-electron chi connectivity index (χ0n) is 14.2. The monoisotopic (exact) mass is 333 g/mol. The molecule has 0 saturated carbocycles. The van der Waals surface area contributed by atoms with Gasteiger partial charge in [-0.2, -0.15) is 0 Å². The van der Waals surface area contributed by atoms with E-state index < -0.39 is 22.6 Å². The van der Waals surface area contributed by atoms with E-state index in [0.29, 0.717) is 12.7 Å². The quantitative estimate of drug-likeness (QED) is 0.397. The molecule has 1 unspecified atom stereocenters. The van der Waals surface area contributed by atoms with E-state index in [9.17, 15) is 14.4 Å². The molecule has 6 heteroatoms. The van der Waals surface area contributed by atoms with E-state index in [2.05, 4.69) is 5.32 Å². The predicted octanol–water partition coefficient (Wildman–Crippen LogP) is 3.62. The second-order valence-electron chi connectivity index (χ2n) is 6.40. The van der Waals surface area contributed by atoms with Crippen molar-refractivity contribution in [3.05, 3.63) is 0 Å². The standard InChI is InChI=1S/C16H28ClNO4/c1-6-8-9-10-12(20)13(16(17,7-2)11-19)18-14(21)22-15(3,4)5/h11,13H,6-10H2,1-5H3,(H,18,21)/t13?,16-/m1/s1. The number of nitrogens with one attached hydrogen (secondary N) is 1. The summed E-state index contributed by atoms with van der Waals surface area (Å²) in [7, 11) is 0. The number of Topliss-reactive ketones (excluding diaryl/α,β-unsaturated/α-hetero) is 1. The Hall–Kier alpha value is -1.10. The summed E-state index contributed by atoms with van der Waals surface area (Å²) in [5, 5.41) is 2.47. The average molecular weight is 334 g/mol. The number of aldehydes is 1. The lowest BCUT2D eigenvalue weighted by Gasteiger charge is -2.30. The number of hydrogen-bond donors (Lipinski definition) is 1.